The minimum atomic E-state index is 0.137. The topological polar surface area (TPSA) is 51.8 Å². The number of aromatic nitrogens is 3. The monoisotopic (exact) mass is 281 g/mol. The average molecular weight is 282 g/mol. The van der Waals surface area contributed by atoms with Gasteiger partial charge in [0.15, 0.2) is 5.82 Å². The second kappa shape index (κ2) is 5.21. The molecule has 0 bridgehead atoms. The summed E-state index contributed by atoms with van der Waals surface area (Å²) < 4.78 is 5.15. The average Bonchev–Trinajstić information content (AvgIpc) is 2.78. The smallest absolute Gasteiger partial charge is 0.240 e. The molecule has 0 amide bonds. The van der Waals surface area contributed by atoms with Crippen molar-refractivity contribution in [2.24, 2.45) is 0 Å². The van der Waals surface area contributed by atoms with Crippen LogP contribution in [0.5, 0.6) is 0 Å². The van der Waals surface area contributed by atoms with E-state index in [0.29, 0.717) is 18.1 Å². The van der Waals surface area contributed by atoms with Crippen molar-refractivity contribution in [3.05, 3.63) is 41.8 Å². The Hall–Kier alpha value is -1.23. The molecule has 0 aliphatic carbocycles. The van der Waals surface area contributed by atoms with Gasteiger partial charge in [-0.25, -0.2) is 0 Å². The summed E-state index contributed by atoms with van der Waals surface area (Å²) in [4.78, 5) is 8.66. The molecule has 0 saturated heterocycles. The lowest BCUT2D eigenvalue weighted by atomic mass is 10.2. The molecule has 2 aromatic rings. The maximum Gasteiger partial charge on any atom is 0.240 e. The molecule has 0 saturated carbocycles. The summed E-state index contributed by atoms with van der Waals surface area (Å²) in [5, 5.41) is 3.92. The summed E-state index contributed by atoms with van der Waals surface area (Å²) in [7, 11) is 0. The highest BCUT2D eigenvalue weighted by atomic mass is 79.9. The van der Waals surface area contributed by atoms with Crippen LogP contribution in [0.1, 0.15) is 35.6 Å². The van der Waals surface area contributed by atoms with Gasteiger partial charge in [0, 0.05) is 11.9 Å². The summed E-state index contributed by atoms with van der Waals surface area (Å²) in [6.07, 6.45) is 3.29. The summed E-state index contributed by atoms with van der Waals surface area (Å²) in [5.74, 6) is 1.31. The second-order valence-corrected chi connectivity index (χ2v) is 4.53. The number of alkyl halides is 1. The highest BCUT2D eigenvalue weighted by Crippen LogP contribution is 2.24. The van der Waals surface area contributed by atoms with Gasteiger partial charge < -0.3 is 4.52 Å². The molecule has 1 unspecified atom stereocenters. The third kappa shape index (κ3) is 2.66. The highest BCUT2D eigenvalue weighted by molar-refractivity contribution is 9.09. The van der Waals surface area contributed by atoms with Gasteiger partial charge in [-0.15, -0.1) is 0 Å². The maximum atomic E-state index is 5.15. The molecule has 0 aliphatic rings. The molecule has 5 heteroatoms. The van der Waals surface area contributed by atoms with Crippen molar-refractivity contribution < 1.29 is 4.52 Å². The third-order valence-electron chi connectivity index (χ3n) is 2.18. The van der Waals surface area contributed by atoms with Crippen LogP contribution >= 0.6 is 15.9 Å². The van der Waals surface area contributed by atoms with Gasteiger partial charge in [-0.05, 0) is 18.6 Å². The van der Waals surface area contributed by atoms with Crippen molar-refractivity contribution >= 4 is 15.9 Å². The first-order valence-electron chi connectivity index (χ1n) is 5.16. The van der Waals surface area contributed by atoms with Crippen molar-refractivity contribution in [3.8, 4) is 0 Å². The van der Waals surface area contributed by atoms with Gasteiger partial charge in [-0.2, -0.15) is 4.98 Å². The van der Waals surface area contributed by atoms with Gasteiger partial charge in [0.05, 0.1) is 11.2 Å². The fourth-order valence-corrected chi connectivity index (χ4v) is 1.49. The largest absolute Gasteiger partial charge is 0.338 e. The first-order chi connectivity index (χ1) is 7.79. The fraction of sp³-hybridized carbons (Fsp3) is 0.364. The molecule has 16 heavy (non-hydrogen) atoms. The zero-order valence-corrected chi connectivity index (χ0v) is 10.5. The first-order valence-corrected chi connectivity index (χ1v) is 6.07. The zero-order valence-electron chi connectivity index (χ0n) is 8.93. The molecule has 0 fully saturated rings. The Balaban J connectivity index is 2.09. The Bertz CT molecular complexity index is 444. The van der Waals surface area contributed by atoms with Crippen molar-refractivity contribution in [1.29, 1.82) is 0 Å². The Morgan fingerprint density at radius 2 is 2.31 bits per heavy atom. The predicted octanol–water partition coefficient (Wildman–Crippen LogP) is 2.90. The summed E-state index contributed by atoms with van der Waals surface area (Å²) in [5.41, 5.74) is 0.942. The molecule has 0 aromatic carbocycles. The quantitative estimate of drug-likeness (QED) is 0.809. The van der Waals surface area contributed by atoms with Gasteiger partial charge in [-0.1, -0.05) is 34.1 Å². The van der Waals surface area contributed by atoms with Crippen molar-refractivity contribution in [2.45, 2.75) is 24.6 Å². The van der Waals surface area contributed by atoms with Crippen LogP contribution < -0.4 is 0 Å². The second-order valence-electron chi connectivity index (χ2n) is 3.42. The number of rotatable bonds is 4. The van der Waals surface area contributed by atoms with E-state index in [0.717, 1.165) is 12.1 Å². The number of nitrogens with zero attached hydrogens (tertiary/aromatic N) is 3. The van der Waals surface area contributed by atoms with Crippen LogP contribution in [0.3, 0.4) is 0 Å². The Labute approximate surface area is 102 Å². The molecule has 0 N–H and O–H groups in total. The summed E-state index contributed by atoms with van der Waals surface area (Å²) in [6, 6.07) is 5.78. The summed E-state index contributed by atoms with van der Waals surface area (Å²) >= 11 is 3.47. The fourth-order valence-electron chi connectivity index (χ4n) is 1.31. The van der Waals surface area contributed by atoms with Crippen LogP contribution in [0.2, 0.25) is 0 Å². The number of pyridine rings is 1. The SMILES string of the molecule is CCC(Br)c1nc(Cc2ccccn2)no1. The highest BCUT2D eigenvalue weighted by Gasteiger charge is 2.14. The molecule has 2 heterocycles. The van der Waals surface area contributed by atoms with E-state index in [-0.39, 0.29) is 4.83 Å². The molecule has 84 valence electrons. The van der Waals surface area contributed by atoms with Gasteiger partial charge in [0.2, 0.25) is 5.89 Å². The van der Waals surface area contributed by atoms with Gasteiger partial charge in [0.1, 0.15) is 0 Å². The minimum absolute atomic E-state index is 0.137. The minimum Gasteiger partial charge on any atom is -0.338 e. The molecular formula is C11H12BrN3O. The molecule has 2 rings (SSSR count). The lowest BCUT2D eigenvalue weighted by molar-refractivity contribution is 0.372. The lowest BCUT2D eigenvalue weighted by Gasteiger charge is -1.96. The van der Waals surface area contributed by atoms with Crippen LogP contribution in [0.15, 0.2) is 28.9 Å². The van der Waals surface area contributed by atoms with Gasteiger partial charge in [0.25, 0.3) is 0 Å². The van der Waals surface area contributed by atoms with E-state index in [2.05, 4.69) is 38.0 Å². The predicted molar refractivity (Wildman–Crippen MR) is 63.3 cm³/mol. The maximum absolute atomic E-state index is 5.15. The third-order valence-corrected chi connectivity index (χ3v) is 3.21. The van der Waals surface area contributed by atoms with Gasteiger partial charge >= 0.3 is 0 Å². The van der Waals surface area contributed by atoms with E-state index in [4.69, 9.17) is 4.52 Å². The van der Waals surface area contributed by atoms with Gasteiger partial charge in [-0.3, -0.25) is 4.98 Å². The van der Waals surface area contributed by atoms with E-state index in [1.807, 2.05) is 18.2 Å². The van der Waals surface area contributed by atoms with E-state index in [1.54, 1.807) is 6.20 Å². The molecule has 0 spiro atoms. The Kier molecular flexibility index (Phi) is 3.66. The number of halogens is 1. The van der Waals surface area contributed by atoms with Crippen molar-refractivity contribution in [3.63, 3.8) is 0 Å². The normalized spacial score (nSPS) is 12.6. The van der Waals surface area contributed by atoms with Crippen LogP contribution in [0.25, 0.3) is 0 Å². The number of hydrogen-bond donors (Lipinski definition) is 0. The van der Waals surface area contributed by atoms with Crippen molar-refractivity contribution in [1.82, 2.24) is 15.1 Å². The molecule has 0 aliphatic heterocycles. The van der Waals surface area contributed by atoms with Crippen molar-refractivity contribution in [2.75, 3.05) is 0 Å². The van der Waals surface area contributed by atoms with E-state index >= 15 is 0 Å². The first kappa shape index (κ1) is 11.3. The Morgan fingerprint density at radius 1 is 1.44 bits per heavy atom. The lowest BCUT2D eigenvalue weighted by Crippen LogP contribution is -1.94. The van der Waals surface area contributed by atoms with Crippen LogP contribution in [0.4, 0.5) is 0 Å². The Morgan fingerprint density at radius 3 is 3.00 bits per heavy atom. The van der Waals surface area contributed by atoms with Crippen LogP contribution in [-0.2, 0) is 6.42 Å². The molecule has 2 aromatic heterocycles. The summed E-state index contributed by atoms with van der Waals surface area (Å²) in [6.45, 7) is 2.06. The molecular weight excluding hydrogens is 270 g/mol. The molecule has 0 radical (unpaired) electrons. The van der Waals surface area contributed by atoms with E-state index in [9.17, 15) is 0 Å². The van der Waals surface area contributed by atoms with Crippen LogP contribution in [-0.4, -0.2) is 15.1 Å². The zero-order chi connectivity index (χ0) is 11.4. The van der Waals surface area contributed by atoms with Crippen LogP contribution in [0, 0.1) is 0 Å². The number of hydrogen-bond acceptors (Lipinski definition) is 4. The van der Waals surface area contributed by atoms with E-state index < -0.39 is 0 Å². The molecule has 1 atom stereocenters. The molecule has 4 nitrogen and oxygen atoms in total. The van der Waals surface area contributed by atoms with E-state index in [1.165, 1.54) is 0 Å². The standard InChI is InChI=1S/C11H12BrN3O/c1-2-9(12)11-14-10(15-16-11)7-8-5-3-4-6-13-8/h3-6,9H,2,7H2,1H3.